The molecule has 1 N–H and O–H groups in total. The Balaban J connectivity index is 2.03. The number of rotatable bonds is 7. The van der Waals surface area contributed by atoms with Crippen LogP contribution < -0.4 is 5.32 Å². The summed E-state index contributed by atoms with van der Waals surface area (Å²) in [6, 6.07) is 0. The fraction of sp³-hybridized carbons (Fsp3) is 1.00. The maximum atomic E-state index is 3.49. The van der Waals surface area contributed by atoms with Crippen LogP contribution in [0.1, 0.15) is 47.0 Å². The lowest BCUT2D eigenvalue weighted by atomic mass is 9.97. The minimum atomic E-state index is 0.908. The van der Waals surface area contributed by atoms with Crippen molar-refractivity contribution >= 4 is 0 Å². The largest absolute Gasteiger partial charge is 0.317 e. The number of hydrogen-bond acceptors (Lipinski definition) is 1. The van der Waals surface area contributed by atoms with Crippen molar-refractivity contribution in [2.75, 3.05) is 13.1 Å². The summed E-state index contributed by atoms with van der Waals surface area (Å²) in [4.78, 5) is 0. The van der Waals surface area contributed by atoms with Gasteiger partial charge in [0.1, 0.15) is 0 Å². The van der Waals surface area contributed by atoms with Crippen molar-refractivity contribution in [2.45, 2.75) is 47.0 Å². The predicted octanol–water partition coefficient (Wildman–Crippen LogP) is 3.30. The maximum Gasteiger partial charge on any atom is -0.00463 e. The molecule has 3 unspecified atom stereocenters. The SMILES string of the molecule is CCCNCCC(C)C1CC1C(C)C. The van der Waals surface area contributed by atoms with E-state index >= 15 is 0 Å². The molecule has 14 heavy (non-hydrogen) atoms. The Hall–Kier alpha value is -0.0400. The normalized spacial score (nSPS) is 28.1. The van der Waals surface area contributed by atoms with Gasteiger partial charge in [0, 0.05) is 0 Å². The molecule has 0 aromatic heterocycles. The van der Waals surface area contributed by atoms with Gasteiger partial charge in [0.15, 0.2) is 0 Å². The Labute approximate surface area is 89.7 Å². The molecule has 0 saturated heterocycles. The van der Waals surface area contributed by atoms with Crippen molar-refractivity contribution in [1.82, 2.24) is 5.32 Å². The van der Waals surface area contributed by atoms with Crippen LogP contribution in [0, 0.1) is 23.7 Å². The van der Waals surface area contributed by atoms with E-state index < -0.39 is 0 Å². The van der Waals surface area contributed by atoms with E-state index in [0.29, 0.717) is 0 Å². The van der Waals surface area contributed by atoms with Crippen molar-refractivity contribution < 1.29 is 0 Å². The van der Waals surface area contributed by atoms with Gasteiger partial charge in [-0.05, 0) is 56.0 Å². The first-order valence-electron chi connectivity index (χ1n) is 6.37. The molecule has 0 aromatic carbocycles. The molecule has 0 aliphatic heterocycles. The Morgan fingerprint density at radius 3 is 2.36 bits per heavy atom. The molecular formula is C13H27N. The van der Waals surface area contributed by atoms with E-state index in [0.717, 1.165) is 23.7 Å². The Kier molecular flexibility index (Phi) is 4.94. The molecule has 0 spiro atoms. The average Bonchev–Trinajstić information content (AvgIpc) is 2.91. The van der Waals surface area contributed by atoms with E-state index in [9.17, 15) is 0 Å². The first-order chi connectivity index (χ1) is 6.66. The van der Waals surface area contributed by atoms with Gasteiger partial charge < -0.3 is 5.32 Å². The molecule has 0 radical (unpaired) electrons. The van der Waals surface area contributed by atoms with E-state index in [-0.39, 0.29) is 0 Å². The molecule has 84 valence electrons. The van der Waals surface area contributed by atoms with Crippen molar-refractivity contribution in [1.29, 1.82) is 0 Å². The van der Waals surface area contributed by atoms with Gasteiger partial charge in [0.2, 0.25) is 0 Å². The topological polar surface area (TPSA) is 12.0 Å². The van der Waals surface area contributed by atoms with Gasteiger partial charge in [-0.1, -0.05) is 27.7 Å². The average molecular weight is 197 g/mol. The monoisotopic (exact) mass is 197 g/mol. The summed E-state index contributed by atoms with van der Waals surface area (Å²) in [5.74, 6) is 3.92. The molecule has 1 aliphatic rings. The van der Waals surface area contributed by atoms with Crippen LogP contribution in [0.15, 0.2) is 0 Å². The van der Waals surface area contributed by atoms with Crippen molar-refractivity contribution in [2.24, 2.45) is 23.7 Å². The molecule has 3 atom stereocenters. The van der Waals surface area contributed by atoms with Gasteiger partial charge in [-0.2, -0.15) is 0 Å². The smallest absolute Gasteiger partial charge is 0.00463 e. The van der Waals surface area contributed by atoms with Crippen molar-refractivity contribution in [3.8, 4) is 0 Å². The lowest BCUT2D eigenvalue weighted by molar-refractivity contribution is 0.395. The van der Waals surface area contributed by atoms with E-state index in [1.807, 2.05) is 0 Å². The van der Waals surface area contributed by atoms with Gasteiger partial charge >= 0.3 is 0 Å². The van der Waals surface area contributed by atoms with E-state index in [2.05, 4.69) is 33.0 Å². The fourth-order valence-electron chi connectivity index (χ4n) is 2.50. The minimum Gasteiger partial charge on any atom is -0.317 e. The highest BCUT2D eigenvalue weighted by atomic mass is 14.8. The molecule has 1 nitrogen and oxygen atoms in total. The van der Waals surface area contributed by atoms with Gasteiger partial charge in [0.25, 0.3) is 0 Å². The predicted molar refractivity (Wildman–Crippen MR) is 63.4 cm³/mol. The number of nitrogens with one attached hydrogen (secondary N) is 1. The third-order valence-electron chi connectivity index (χ3n) is 3.68. The van der Waals surface area contributed by atoms with Gasteiger partial charge in [-0.15, -0.1) is 0 Å². The molecule has 0 heterocycles. The highest BCUT2D eigenvalue weighted by Crippen LogP contribution is 2.49. The van der Waals surface area contributed by atoms with Crippen LogP contribution in [-0.4, -0.2) is 13.1 Å². The summed E-state index contributed by atoms with van der Waals surface area (Å²) in [5.41, 5.74) is 0. The fourth-order valence-corrected chi connectivity index (χ4v) is 2.50. The third-order valence-corrected chi connectivity index (χ3v) is 3.68. The second-order valence-corrected chi connectivity index (χ2v) is 5.32. The Morgan fingerprint density at radius 2 is 1.86 bits per heavy atom. The molecule has 1 fully saturated rings. The minimum absolute atomic E-state index is 0.908. The summed E-state index contributed by atoms with van der Waals surface area (Å²) in [6.07, 6.45) is 4.12. The quantitative estimate of drug-likeness (QED) is 0.617. The molecule has 0 amide bonds. The van der Waals surface area contributed by atoms with Crippen molar-refractivity contribution in [3.63, 3.8) is 0 Å². The van der Waals surface area contributed by atoms with Crippen LogP contribution in [-0.2, 0) is 0 Å². The standard InChI is InChI=1S/C13H27N/c1-5-7-14-8-6-11(4)13-9-12(13)10(2)3/h10-14H,5-9H2,1-4H3. The highest BCUT2D eigenvalue weighted by Gasteiger charge is 2.41. The summed E-state index contributed by atoms with van der Waals surface area (Å²) in [6.45, 7) is 11.8. The van der Waals surface area contributed by atoms with E-state index in [4.69, 9.17) is 0 Å². The summed E-state index contributed by atoms with van der Waals surface area (Å²) in [5, 5.41) is 3.49. The zero-order valence-corrected chi connectivity index (χ0v) is 10.3. The molecule has 1 saturated carbocycles. The van der Waals surface area contributed by atoms with Crippen LogP contribution in [0.3, 0.4) is 0 Å². The lowest BCUT2D eigenvalue weighted by Gasteiger charge is -2.12. The molecule has 1 rings (SSSR count). The Morgan fingerprint density at radius 1 is 1.14 bits per heavy atom. The zero-order chi connectivity index (χ0) is 10.6. The number of hydrogen-bond donors (Lipinski definition) is 1. The molecule has 1 heteroatoms. The van der Waals surface area contributed by atoms with Gasteiger partial charge in [0.05, 0.1) is 0 Å². The summed E-state index contributed by atoms with van der Waals surface area (Å²) < 4.78 is 0. The van der Waals surface area contributed by atoms with Crippen LogP contribution in [0.5, 0.6) is 0 Å². The van der Waals surface area contributed by atoms with Crippen LogP contribution in [0.4, 0.5) is 0 Å². The van der Waals surface area contributed by atoms with Gasteiger partial charge in [-0.3, -0.25) is 0 Å². The molecule has 0 bridgehead atoms. The van der Waals surface area contributed by atoms with E-state index in [1.165, 1.54) is 32.4 Å². The Bertz CT molecular complexity index is 153. The summed E-state index contributed by atoms with van der Waals surface area (Å²) in [7, 11) is 0. The second kappa shape index (κ2) is 5.75. The highest BCUT2D eigenvalue weighted by molar-refractivity contribution is 4.91. The van der Waals surface area contributed by atoms with Crippen molar-refractivity contribution in [3.05, 3.63) is 0 Å². The first-order valence-corrected chi connectivity index (χ1v) is 6.37. The molecular weight excluding hydrogens is 170 g/mol. The second-order valence-electron chi connectivity index (χ2n) is 5.32. The molecule has 0 aromatic rings. The maximum absolute atomic E-state index is 3.49. The molecule has 1 aliphatic carbocycles. The third kappa shape index (κ3) is 3.61. The van der Waals surface area contributed by atoms with E-state index in [1.54, 1.807) is 0 Å². The van der Waals surface area contributed by atoms with Crippen LogP contribution >= 0.6 is 0 Å². The van der Waals surface area contributed by atoms with Crippen LogP contribution in [0.25, 0.3) is 0 Å². The summed E-state index contributed by atoms with van der Waals surface area (Å²) >= 11 is 0. The zero-order valence-electron chi connectivity index (χ0n) is 10.3. The van der Waals surface area contributed by atoms with Gasteiger partial charge in [-0.25, -0.2) is 0 Å². The first kappa shape index (κ1) is 12.0. The van der Waals surface area contributed by atoms with Crippen LogP contribution in [0.2, 0.25) is 0 Å². The lowest BCUT2D eigenvalue weighted by Crippen LogP contribution is -2.19.